The summed E-state index contributed by atoms with van der Waals surface area (Å²) in [6.07, 6.45) is 3.89. The predicted octanol–water partition coefficient (Wildman–Crippen LogP) is 4.79. The van der Waals surface area contributed by atoms with Crippen LogP contribution in [0.25, 0.3) is 38.8 Å². The lowest BCUT2D eigenvalue weighted by Gasteiger charge is -2.20. The van der Waals surface area contributed by atoms with Gasteiger partial charge in [-0.25, -0.2) is 9.67 Å². The molecule has 3 atom stereocenters. The monoisotopic (exact) mass is 512 g/mol. The predicted molar refractivity (Wildman–Crippen MR) is 143 cm³/mol. The Morgan fingerprint density at radius 1 is 1.08 bits per heavy atom. The minimum atomic E-state index is -0.0863. The highest BCUT2D eigenvalue weighted by Gasteiger charge is 2.60. The van der Waals surface area contributed by atoms with Crippen molar-refractivity contribution in [1.82, 2.24) is 24.5 Å². The van der Waals surface area contributed by atoms with Crippen molar-refractivity contribution in [3.8, 4) is 16.9 Å². The van der Waals surface area contributed by atoms with Crippen LogP contribution in [0, 0.1) is 24.7 Å². The van der Waals surface area contributed by atoms with Gasteiger partial charge in [0.05, 0.1) is 35.9 Å². The number of piperidine rings is 1. The molecule has 1 unspecified atom stereocenters. The van der Waals surface area contributed by atoms with E-state index >= 15 is 0 Å². The van der Waals surface area contributed by atoms with Crippen molar-refractivity contribution >= 4 is 45.2 Å². The SMILES string of the molecule is COC(=O)C1[C@H]2CN(c3ccc(-n4nc(-c5cccc6nn(C)cc56)c5cc(Cl)cc(C)c54)cn3)C[C@@H]12. The van der Waals surface area contributed by atoms with Crippen molar-refractivity contribution < 1.29 is 9.53 Å². The van der Waals surface area contributed by atoms with E-state index in [1.165, 1.54) is 7.11 Å². The molecule has 0 spiro atoms. The van der Waals surface area contributed by atoms with Gasteiger partial charge >= 0.3 is 5.97 Å². The van der Waals surface area contributed by atoms with Crippen LogP contribution in [0.15, 0.2) is 54.9 Å². The Morgan fingerprint density at radius 3 is 2.62 bits per heavy atom. The summed E-state index contributed by atoms with van der Waals surface area (Å²) < 4.78 is 8.71. The van der Waals surface area contributed by atoms with E-state index in [-0.39, 0.29) is 11.9 Å². The molecule has 1 aliphatic carbocycles. The molecule has 1 saturated heterocycles. The Hall–Kier alpha value is -3.91. The summed E-state index contributed by atoms with van der Waals surface area (Å²) in [5.74, 6) is 1.62. The van der Waals surface area contributed by atoms with Gasteiger partial charge in [0.15, 0.2) is 0 Å². The molecule has 8 nitrogen and oxygen atoms in total. The number of aryl methyl sites for hydroxylation is 2. The number of nitrogens with zero attached hydrogens (tertiary/aromatic N) is 6. The Balaban J connectivity index is 1.28. The summed E-state index contributed by atoms with van der Waals surface area (Å²) in [4.78, 5) is 18.9. The molecular formula is C28H25ClN6O2. The van der Waals surface area contributed by atoms with E-state index in [9.17, 15) is 4.79 Å². The molecule has 37 heavy (non-hydrogen) atoms. The van der Waals surface area contributed by atoms with Crippen LogP contribution in [-0.2, 0) is 16.6 Å². The Morgan fingerprint density at radius 2 is 1.89 bits per heavy atom. The lowest BCUT2D eigenvalue weighted by Crippen LogP contribution is -2.27. The van der Waals surface area contributed by atoms with Crippen LogP contribution in [0.1, 0.15) is 5.56 Å². The summed E-state index contributed by atoms with van der Waals surface area (Å²) >= 11 is 6.51. The number of anilines is 1. The molecular weight excluding hydrogens is 488 g/mol. The molecule has 1 saturated carbocycles. The zero-order valence-corrected chi connectivity index (χ0v) is 21.5. The molecule has 0 radical (unpaired) electrons. The van der Waals surface area contributed by atoms with Crippen molar-refractivity contribution in [3.05, 3.63) is 65.4 Å². The van der Waals surface area contributed by atoms with Gasteiger partial charge in [0.2, 0.25) is 0 Å². The van der Waals surface area contributed by atoms with Crippen LogP contribution >= 0.6 is 11.6 Å². The van der Waals surface area contributed by atoms with Gasteiger partial charge in [0, 0.05) is 47.7 Å². The maximum absolute atomic E-state index is 11.9. The number of carbonyl (C=O) groups is 1. The highest BCUT2D eigenvalue weighted by molar-refractivity contribution is 6.31. The van der Waals surface area contributed by atoms with Crippen LogP contribution in [0.4, 0.5) is 5.82 Å². The number of halogens is 1. The van der Waals surface area contributed by atoms with Crippen molar-refractivity contribution in [1.29, 1.82) is 0 Å². The first-order valence-electron chi connectivity index (χ1n) is 12.3. The van der Waals surface area contributed by atoms with Crippen molar-refractivity contribution in [3.63, 3.8) is 0 Å². The van der Waals surface area contributed by atoms with Gasteiger partial charge in [0.25, 0.3) is 0 Å². The summed E-state index contributed by atoms with van der Waals surface area (Å²) in [5.41, 5.74) is 5.70. The van der Waals surface area contributed by atoms with E-state index in [1.54, 1.807) is 0 Å². The number of ether oxygens (including phenoxy) is 1. The molecule has 4 heterocycles. The lowest BCUT2D eigenvalue weighted by molar-refractivity contribution is -0.142. The standard InChI is InChI=1S/C28H25ClN6O2/c1-15-9-16(29)10-19-26(18-5-4-6-23-20(18)12-33(2)31-23)32-35(27(15)19)17-7-8-24(30-11-17)34-13-21-22(14-34)25(21)28(36)37-3/h4-12,21-22,25H,13-14H2,1-3H3/t21-,22+,25?. The number of methoxy groups -OCH3 is 1. The average molecular weight is 513 g/mol. The molecule has 7 rings (SSSR count). The molecule has 9 heteroatoms. The fourth-order valence-electron chi connectivity index (χ4n) is 6.04. The number of benzene rings is 2. The van der Waals surface area contributed by atoms with E-state index in [1.807, 2.05) is 59.1 Å². The molecule has 2 aliphatic rings. The molecule has 2 aromatic carbocycles. The van der Waals surface area contributed by atoms with Gasteiger partial charge in [-0.3, -0.25) is 9.48 Å². The fraction of sp³-hybridized carbons (Fsp3) is 0.286. The Bertz CT molecular complexity index is 1690. The molecule has 2 fully saturated rings. The van der Waals surface area contributed by atoms with Crippen LogP contribution in [0.3, 0.4) is 0 Å². The van der Waals surface area contributed by atoms with Gasteiger partial charge in [-0.05, 0) is 54.7 Å². The van der Waals surface area contributed by atoms with E-state index < -0.39 is 0 Å². The molecule has 0 amide bonds. The highest BCUT2D eigenvalue weighted by Crippen LogP contribution is 2.52. The average Bonchev–Trinajstić information content (AvgIpc) is 3.24. The maximum atomic E-state index is 11.9. The summed E-state index contributed by atoms with van der Waals surface area (Å²) in [6.45, 7) is 3.72. The van der Waals surface area contributed by atoms with Gasteiger partial charge in [-0.2, -0.15) is 10.2 Å². The Labute approximate surface area is 218 Å². The quantitative estimate of drug-likeness (QED) is 0.322. The van der Waals surface area contributed by atoms with Crippen molar-refractivity contribution in [2.24, 2.45) is 24.8 Å². The second-order valence-electron chi connectivity index (χ2n) is 10.1. The van der Waals surface area contributed by atoms with E-state index in [0.29, 0.717) is 16.9 Å². The molecule has 186 valence electrons. The smallest absolute Gasteiger partial charge is 0.309 e. The fourth-order valence-corrected chi connectivity index (χ4v) is 6.32. The Kier molecular flexibility index (Phi) is 4.85. The van der Waals surface area contributed by atoms with Gasteiger partial charge in [-0.15, -0.1) is 0 Å². The van der Waals surface area contributed by atoms with Crippen LogP contribution in [0.2, 0.25) is 5.02 Å². The third-order valence-electron chi connectivity index (χ3n) is 7.82. The van der Waals surface area contributed by atoms with Crippen molar-refractivity contribution in [2.45, 2.75) is 6.92 Å². The zero-order chi connectivity index (χ0) is 25.4. The summed E-state index contributed by atoms with van der Waals surface area (Å²) in [7, 11) is 3.39. The zero-order valence-electron chi connectivity index (χ0n) is 20.7. The number of fused-ring (bicyclic) bond motifs is 3. The van der Waals surface area contributed by atoms with E-state index in [2.05, 4.69) is 29.1 Å². The second kappa shape index (κ2) is 8.05. The second-order valence-corrected chi connectivity index (χ2v) is 10.5. The molecule has 3 aromatic heterocycles. The number of rotatable bonds is 4. The number of hydrogen-bond acceptors (Lipinski definition) is 6. The lowest BCUT2D eigenvalue weighted by atomic mass is 10.0. The number of hydrogen-bond donors (Lipinski definition) is 0. The molecule has 0 bridgehead atoms. The van der Waals surface area contributed by atoms with Gasteiger partial charge in [0.1, 0.15) is 11.5 Å². The van der Waals surface area contributed by atoms with Crippen LogP contribution in [0.5, 0.6) is 0 Å². The molecule has 0 N–H and O–H groups in total. The van der Waals surface area contributed by atoms with Gasteiger partial charge < -0.3 is 9.64 Å². The minimum absolute atomic E-state index is 0.0495. The van der Waals surface area contributed by atoms with E-state index in [0.717, 1.165) is 63.2 Å². The normalized spacial score (nSPS) is 20.5. The number of carbonyl (C=O) groups excluding carboxylic acids is 1. The maximum Gasteiger partial charge on any atom is 0.309 e. The van der Waals surface area contributed by atoms with E-state index in [4.69, 9.17) is 26.4 Å². The number of aromatic nitrogens is 5. The van der Waals surface area contributed by atoms with Crippen LogP contribution < -0.4 is 4.90 Å². The first-order valence-corrected chi connectivity index (χ1v) is 12.7. The summed E-state index contributed by atoms with van der Waals surface area (Å²) in [5, 5.41) is 12.4. The topological polar surface area (TPSA) is 78.1 Å². The largest absolute Gasteiger partial charge is 0.469 e. The first-order chi connectivity index (χ1) is 17.9. The molecule has 1 aliphatic heterocycles. The minimum Gasteiger partial charge on any atom is -0.469 e. The van der Waals surface area contributed by atoms with Crippen LogP contribution in [-0.4, -0.2) is 50.7 Å². The highest BCUT2D eigenvalue weighted by atomic mass is 35.5. The van der Waals surface area contributed by atoms with Gasteiger partial charge in [-0.1, -0.05) is 23.7 Å². The summed E-state index contributed by atoms with van der Waals surface area (Å²) in [6, 6.07) is 14.1. The third-order valence-corrected chi connectivity index (χ3v) is 8.04. The molecule has 5 aromatic rings. The van der Waals surface area contributed by atoms with Crippen molar-refractivity contribution in [2.75, 3.05) is 25.1 Å². The number of pyridine rings is 1. The number of esters is 1. The first kappa shape index (κ1) is 22.3. The third kappa shape index (κ3) is 3.43.